The van der Waals surface area contributed by atoms with E-state index >= 15 is 0 Å². The Morgan fingerprint density at radius 2 is 2.21 bits per heavy atom. The van der Waals surface area contributed by atoms with Crippen molar-refractivity contribution in [3.63, 3.8) is 0 Å². The predicted octanol–water partition coefficient (Wildman–Crippen LogP) is 1.85. The van der Waals surface area contributed by atoms with Gasteiger partial charge in [0.05, 0.1) is 27.8 Å². The van der Waals surface area contributed by atoms with Crippen molar-refractivity contribution in [2.45, 2.75) is 13.5 Å². The molecule has 5 nitrogen and oxygen atoms in total. The van der Waals surface area contributed by atoms with Crippen LogP contribution in [0, 0.1) is 10.5 Å². The molecule has 0 atom stereocenters. The van der Waals surface area contributed by atoms with Gasteiger partial charge in [0.2, 0.25) is 0 Å². The summed E-state index contributed by atoms with van der Waals surface area (Å²) in [4.78, 5) is 20.8. The molecule has 3 rings (SSSR count). The summed E-state index contributed by atoms with van der Waals surface area (Å²) in [7, 11) is 0. The lowest BCUT2D eigenvalue weighted by Gasteiger charge is -2.04. The van der Waals surface area contributed by atoms with Crippen LogP contribution < -0.4 is 5.56 Å². The molecule has 96 valence electrons. The van der Waals surface area contributed by atoms with Gasteiger partial charge in [0.1, 0.15) is 5.65 Å². The molecule has 0 radical (unpaired) electrons. The standard InChI is InChI=1S/C13H11IN4O/c1-9-12(14)13(19)18(8-15-9)7-10-6-17-5-3-2-4-11(17)16-10/h2-6,8H,7H2,1H3. The third kappa shape index (κ3) is 2.27. The molecule has 0 saturated carbocycles. The topological polar surface area (TPSA) is 52.2 Å². The molecule has 0 N–H and O–H groups in total. The van der Waals surface area contributed by atoms with Crippen molar-refractivity contribution in [1.29, 1.82) is 0 Å². The lowest BCUT2D eigenvalue weighted by Crippen LogP contribution is -2.24. The molecule has 0 unspecified atom stereocenters. The minimum atomic E-state index is -0.0230. The smallest absolute Gasteiger partial charge is 0.267 e. The minimum Gasteiger partial charge on any atom is -0.307 e. The van der Waals surface area contributed by atoms with Gasteiger partial charge in [0.15, 0.2) is 0 Å². The predicted molar refractivity (Wildman–Crippen MR) is 80.2 cm³/mol. The summed E-state index contributed by atoms with van der Waals surface area (Å²) < 4.78 is 4.17. The van der Waals surface area contributed by atoms with Crippen LogP contribution >= 0.6 is 22.6 Å². The fourth-order valence-corrected chi connectivity index (χ4v) is 2.35. The first-order valence-corrected chi connectivity index (χ1v) is 6.87. The zero-order valence-corrected chi connectivity index (χ0v) is 12.4. The fourth-order valence-electron chi connectivity index (χ4n) is 1.90. The number of rotatable bonds is 2. The Labute approximate surface area is 123 Å². The summed E-state index contributed by atoms with van der Waals surface area (Å²) in [6.07, 6.45) is 5.43. The highest BCUT2D eigenvalue weighted by Crippen LogP contribution is 2.06. The van der Waals surface area contributed by atoms with E-state index in [-0.39, 0.29) is 5.56 Å². The molecule has 3 aromatic rings. The zero-order chi connectivity index (χ0) is 13.4. The van der Waals surface area contributed by atoms with Crippen LogP contribution in [0.5, 0.6) is 0 Å². The Balaban J connectivity index is 2.01. The van der Waals surface area contributed by atoms with E-state index in [0.29, 0.717) is 10.1 Å². The summed E-state index contributed by atoms with van der Waals surface area (Å²) in [6.45, 7) is 2.27. The summed E-state index contributed by atoms with van der Waals surface area (Å²) in [6, 6.07) is 5.82. The minimum absolute atomic E-state index is 0.0230. The van der Waals surface area contributed by atoms with E-state index in [1.165, 1.54) is 0 Å². The molecule has 6 heteroatoms. The number of fused-ring (bicyclic) bond motifs is 1. The maximum atomic E-state index is 12.1. The van der Waals surface area contributed by atoms with Gasteiger partial charge in [0.25, 0.3) is 5.56 Å². The van der Waals surface area contributed by atoms with Gasteiger partial charge in [-0.3, -0.25) is 9.36 Å². The number of pyridine rings is 1. The highest BCUT2D eigenvalue weighted by Gasteiger charge is 2.07. The zero-order valence-electron chi connectivity index (χ0n) is 10.2. The summed E-state index contributed by atoms with van der Waals surface area (Å²) in [5.74, 6) is 0. The van der Waals surface area contributed by atoms with Gasteiger partial charge in [0, 0.05) is 12.4 Å². The average Bonchev–Trinajstić information content (AvgIpc) is 2.82. The van der Waals surface area contributed by atoms with Crippen LogP contribution in [0.15, 0.2) is 41.7 Å². The molecule has 0 amide bonds. The third-order valence-electron chi connectivity index (χ3n) is 2.90. The van der Waals surface area contributed by atoms with Crippen molar-refractivity contribution < 1.29 is 0 Å². The van der Waals surface area contributed by atoms with Gasteiger partial charge in [-0.15, -0.1) is 0 Å². The van der Waals surface area contributed by atoms with Gasteiger partial charge >= 0.3 is 0 Å². The second-order valence-electron chi connectivity index (χ2n) is 4.28. The highest BCUT2D eigenvalue weighted by molar-refractivity contribution is 14.1. The molecular formula is C13H11IN4O. The van der Waals surface area contributed by atoms with E-state index in [4.69, 9.17) is 0 Å². The molecule has 0 aliphatic rings. The number of imidazole rings is 1. The first-order valence-electron chi connectivity index (χ1n) is 5.79. The lowest BCUT2D eigenvalue weighted by atomic mass is 10.4. The van der Waals surface area contributed by atoms with Crippen LogP contribution in [-0.2, 0) is 6.54 Å². The average molecular weight is 366 g/mol. The third-order valence-corrected chi connectivity index (χ3v) is 4.15. The number of aromatic nitrogens is 4. The molecule has 0 fully saturated rings. The maximum absolute atomic E-state index is 12.1. The van der Waals surface area contributed by atoms with Crippen molar-refractivity contribution >= 4 is 28.2 Å². The number of nitrogens with zero attached hydrogens (tertiary/aromatic N) is 4. The van der Waals surface area contributed by atoms with Crippen molar-refractivity contribution in [1.82, 2.24) is 18.9 Å². The second-order valence-corrected chi connectivity index (χ2v) is 5.35. The van der Waals surface area contributed by atoms with Crippen LogP contribution in [-0.4, -0.2) is 18.9 Å². The van der Waals surface area contributed by atoms with E-state index in [9.17, 15) is 4.79 Å². The van der Waals surface area contributed by atoms with Crippen molar-refractivity contribution in [3.05, 3.63) is 62.2 Å². The number of hydrogen-bond acceptors (Lipinski definition) is 3. The van der Waals surface area contributed by atoms with Crippen molar-refractivity contribution in [2.75, 3.05) is 0 Å². The maximum Gasteiger partial charge on any atom is 0.267 e. The Morgan fingerprint density at radius 3 is 3.00 bits per heavy atom. The molecular weight excluding hydrogens is 355 g/mol. The molecule has 0 bridgehead atoms. The molecule has 0 spiro atoms. The molecule has 0 aliphatic heterocycles. The van der Waals surface area contributed by atoms with Crippen LogP contribution in [0.2, 0.25) is 0 Å². The van der Waals surface area contributed by atoms with Crippen LogP contribution in [0.3, 0.4) is 0 Å². The van der Waals surface area contributed by atoms with Crippen LogP contribution in [0.1, 0.15) is 11.4 Å². The molecule has 0 saturated heterocycles. The van der Waals surface area contributed by atoms with E-state index in [2.05, 4.69) is 9.97 Å². The van der Waals surface area contributed by atoms with Gasteiger partial charge < -0.3 is 4.40 Å². The second kappa shape index (κ2) is 4.76. The molecule has 19 heavy (non-hydrogen) atoms. The Kier molecular flexibility index (Phi) is 3.09. The number of halogens is 1. The Bertz CT molecular complexity index is 773. The lowest BCUT2D eigenvalue weighted by molar-refractivity contribution is 0.711. The van der Waals surface area contributed by atoms with Crippen LogP contribution in [0.4, 0.5) is 0 Å². The van der Waals surface area contributed by atoms with E-state index in [1.54, 1.807) is 10.9 Å². The first-order chi connectivity index (χ1) is 9.15. The summed E-state index contributed by atoms with van der Waals surface area (Å²) in [5, 5.41) is 0. The normalized spacial score (nSPS) is 11.1. The van der Waals surface area contributed by atoms with Gasteiger partial charge in [-0.2, -0.15) is 0 Å². The molecule has 3 heterocycles. The highest BCUT2D eigenvalue weighted by atomic mass is 127. The van der Waals surface area contributed by atoms with Gasteiger partial charge in [-0.1, -0.05) is 6.07 Å². The molecule has 0 aromatic carbocycles. The molecule has 0 aliphatic carbocycles. The molecule has 3 aromatic heterocycles. The van der Waals surface area contributed by atoms with Crippen molar-refractivity contribution in [2.24, 2.45) is 0 Å². The number of hydrogen-bond donors (Lipinski definition) is 0. The van der Waals surface area contributed by atoms with Crippen LogP contribution in [0.25, 0.3) is 5.65 Å². The first kappa shape index (κ1) is 12.3. The van der Waals surface area contributed by atoms with Crippen molar-refractivity contribution in [3.8, 4) is 0 Å². The van der Waals surface area contributed by atoms with Gasteiger partial charge in [-0.05, 0) is 41.6 Å². The van der Waals surface area contributed by atoms with E-state index in [0.717, 1.165) is 17.0 Å². The van der Waals surface area contributed by atoms with E-state index < -0.39 is 0 Å². The monoisotopic (exact) mass is 366 g/mol. The number of aryl methyl sites for hydroxylation is 1. The SMILES string of the molecule is Cc1ncn(Cc2cn3ccccc3n2)c(=O)c1I. The Morgan fingerprint density at radius 1 is 1.37 bits per heavy atom. The summed E-state index contributed by atoms with van der Waals surface area (Å²) >= 11 is 2.03. The quantitative estimate of drug-likeness (QED) is 0.651. The Hall–Kier alpha value is -1.70. The van der Waals surface area contributed by atoms with E-state index in [1.807, 2.05) is 64.5 Å². The largest absolute Gasteiger partial charge is 0.307 e. The van der Waals surface area contributed by atoms with Gasteiger partial charge in [-0.25, -0.2) is 9.97 Å². The fraction of sp³-hybridized carbons (Fsp3) is 0.154. The summed E-state index contributed by atoms with van der Waals surface area (Å²) in [5.41, 5.74) is 2.46.